The zero-order chi connectivity index (χ0) is 65.6. The van der Waals surface area contributed by atoms with Crippen LogP contribution in [0.5, 0.6) is 5.75 Å². The summed E-state index contributed by atoms with van der Waals surface area (Å²) in [6.07, 6.45) is 7.13. The van der Waals surface area contributed by atoms with Gasteiger partial charge in [0.05, 0.1) is 195 Å². The maximum absolute atomic E-state index is 12.4. The third kappa shape index (κ3) is 33.6. The number of ether oxygens (including phenoxy) is 12. The Morgan fingerprint density at radius 2 is 1.10 bits per heavy atom. The molecule has 3 N–H and O–H groups in total. The lowest BCUT2D eigenvalue weighted by molar-refractivity contribution is -0.138. The number of carboxylic acids is 1. The Morgan fingerprint density at radius 1 is 0.640 bits per heavy atom. The minimum Gasteiger partial charge on any atom is -0.748 e. The normalized spacial score (nSPS) is 15.4. The second-order valence-electron chi connectivity index (χ2n) is 21.5. The molecule has 0 amide bonds. The summed E-state index contributed by atoms with van der Waals surface area (Å²) in [7, 11) is -12.4. The number of carbonyl (C=O) groups is 1. The minimum atomic E-state index is -4.91. The average Bonchev–Trinajstić information content (AvgIpc) is 1.64. The van der Waals surface area contributed by atoms with E-state index in [1.807, 2.05) is 48.8 Å². The fraction of sp³-hybridized carbons (Fsp3) is 0.650. The van der Waals surface area contributed by atoms with Crippen LogP contribution in [-0.2, 0) is 97.4 Å². The number of anilines is 2. The van der Waals surface area contributed by atoms with E-state index in [2.05, 4.69) is 6.58 Å². The van der Waals surface area contributed by atoms with E-state index in [9.17, 15) is 48.8 Å². The highest BCUT2D eigenvalue weighted by molar-refractivity contribution is 7.86. The van der Waals surface area contributed by atoms with Gasteiger partial charge in [-0.15, -0.1) is 0 Å². The molecule has 0 aliphatic carbocycles. The molecule has 1 aliphatic rings. The highest BCUT2D eigenvalue weighted by atomic mass is 32.2. The van der Waals surface area contributed by atoms with Crippen molar-refractivity contribution in [3.63, 3.8) is 0 Å². The molecule has 89 heavy (non-hydrogen) atoms. The molecule has 0 aromatic heterocycles. The number of rotatable bonds is 53. The molecule has 0 saturated heterocycles. The number of fused-ring (bicyclic) bond motifs is 1. The van der Waals surface area contributed by atoms with Crippen molar-refractivity contribution in [2.45, 2.75) is 63.7 Å². The summed E-state index contributed by atoms with van der Waals surface area (Å²) in [4.78, 5) is 13.8. The molecule has 0 spiro atoms. The van der Waals surface area contributed by atoms with Crippen molar-refractivity contribution in [1.29, 1.82) is 0 Å². The smallest absolute Gasteiger partial charge is 0.305 e. The van der Waals surface area contributed by atoms with Crippen LogP contribution in [0.2, 0.25) is 0 Å². The quantitative estimate of drug-likeness (QED) is 0.0409. The van der Waals surface area contributed by atoms with E-state index in [1.165, 1.54) is 18.2 Å². The molecule has 0 bridgehead atoms. The second kappa shape index (κ2) is 42.6. The lowest BCUT2D eigenvalue weighted by Gasteiger charge is -2.30. The van der Waals surface area contributed by atoms with Crippen LogP contribution in [-0.4, -0.2) is 245 Å². The average molecular weight is 1320 g/mol. The van der Waals surface area contributed by atoms with Gasteiger partial charge in [0.2, 0.25) is 0 Å². The van der Waals surface area contributed by atoms with Crippen molar-refractivity contribution < 1.29 is 111 Å². The van der Waals surface area contributed by atoms with Crippen molar-refractivity contribution in [3.05, 3.63) is 89.7 Å². The number of benzene rings is 2. The van der Waals surface area contributed by atoms with Crippen LogP contribution in [0, 0.1) is 5.41 Å². The topological polar surface area (TPSA) is 349 Å². The summed E-state index contributed by atoms with van der Waals surface area (Å²) >= 11 is 0. The maximum atomic E-state index is 12.4. The Bertz CT molecular complexity index is 2830. The lowest BCUT2D eigenvalue weighted by Crippen LogP contribution is -2.31. The summed E-state index contributed by atoms with van der Waals surface area (Å²) in [5, 5.41) is 17.9. The van der Waals surface area contributed by atoms with Gasteiger partial charge < -0.3 is 90.5 Å². The number of methoxy groups -OCH3 is 1. The maximum Gasteiger partial charge on any atom is 0.305 e. The minimum absolute atomic E-state index is 0.0557. The van der Waals surface area contributed by atoms with E-state index in [0.717, 1.165) is 5.57 Å². The van der Waals surface area contributed by atoms with Gasteiger partial charge in [-0.2, -0.15) is 0 Å². The van der Waals surface area contributed by atoms with Gasteiger partial charge >= 0.3 is 5.97 Å². The van der Waals surface area contributed by atoms with Gasteiger partial charge in [-0.05, 0) is 84.7 Å². The molecule has 29 heteroatoms. The van der Waals surface area contributed by atoms with Crippen molar-refractivity contribution in [2.24, 2.45) is 5.41 Å². The van der Waals surface area contributed by atoms with E-state index >= 15 is 0 Å². The van der Waals surface area contributed by atoms with Gasteiger partial charge in [0.25, 0.3) is 5.75 Å². The van der Waals surface area contributed by atoms with E-state index in [1.54, 1.807) is 38.3 Å². The largest absolute Gasteiger partial charge is 0.748 e. The van der Waals surface area contributed by atoms with Crippen molar-refractivity contribution in [1.82, 2.24) is 0 Å². The molecule has 0 radical (unpaired) electrons. The van der Waals surface area contributed by atoms with Crippen LogP contribution in [0.4, 0.5) is 11.4 Å². The zero-order valence-corrected chi connectivity index (χ0v) is 54.6. The molecule has 508 valence electrons. The Balaban J connectivity index is 1.70. The van der Waals surface area contributed by atoms with Gasteiger partial charge in [-0.25, -0.2) is 25.3 Å². The number of carboxylic acid groups (broad SMARTS) is 1. The van der Waals surface area contributed by atoms with Crippen molar-refractivity contribution in [3.8, 4) is 5.75 Å². The first kappa shape index (κ1) is 78.8. The molecule has 1 unspecified atom stereocenters. The second-order valence-corrected chi connectivity index (χ2v) is 25.9. The predicted molar refractivity (Wildman–Crippen MR) is 331 cm³/mol. The lowest BCUT2D eigenvalue weighted by atomic mass is 9.77. The molecule has 2 aromatic rings. The highest BCUT2D eigenvalue weighted by Gasteiger charge is 2.43. The van der Waals surface area contributed by atoms with Gasteiger partial charge in [0, 0.05) is 60.7 Å². The number of hydrogen-bond acceptors (Lipinski definition) is 24. The van der Waals surface area contributed by atoms with E-state index in [-0.39, 0.29) is 84.2 Å². The standard InChI is InChI=1S/C60H96N2O24S3/c1-49(46-53(59(2,3)4)52-14-12-50(47-56(52)63)61(18-9-45-88(69,70)71)19-22-77-27-30-81-35-38-85-41-40-83-33-32-79-25-24-75-6)10-7-11-57-60(5,17-8-44-87(66,67)68)54-48-51(89(72,73)74)13-15-55(54)62(57)20-23-78-28-31-82-36-39-86-43-42-84-37-34-80-29-26-76-21-16-58(64)65/h7,10-15,46-48,63H,1,8-9,16-45H2,2-6H3,(H,64,65)(H,66,67,68)(H,69,70,71)(H,72,73,74)/p-2/b10-7+,53-46+,57-11+. The Hall–Kier alpha value is -4.48. The van der Waals surface area contributed by atoms with Crippen LogP contribution in [0.25, 0.3) is 5.57 Å². The summed E-state index contributed by atoms with van der Waals surface area (Å²) in [6.45, 7) is 20.6. The Labute approximate surface area is 526 Å². The first-order chi connectivity index (χ1) is 42.3. The number of nitrogens with zero attached hydrogens (tertiary/aromatic N) is 2. The fourth-order valence-electron chi connectivity index (χ4n) is 9.07. The number of allylic oxidation sites excluding steroid dienone is 7. The number of aliphatic carboxylic acids is 1. The first-order valence-electron chi connectivity index (χ1n) is 29.5. The summed E-state index contributed by atoms with van der Waals surface area (Å²) < 4.78 is 173. The Kier molecular flexibility index (Phi) is 37.7. The third-order valence-corrected chi connectivity index (χ3v) is 15.9. The molecule has 0 fully saturated rings. The molecule has 2 aromatic carbocycles. The van der Waals surface area contributed by atoms with Crippen LogP contribution >= 0.6 is 0 Å². The molecular formula is C60H94N2O24S3-2. The van der Waals surface area contributed by atoms with E-state index < -0.39 is 63.6 Å². The fourth-order valence-corrected chi connectivity index (χ4v) is 10.5. The van der Waals surface area contributed by atoms with Crippen molar-refractivity contribution in [2.75, 3.05) is 200 Å². The third-order valence-electron chi connectivity index (χ3n) is 13.5. The molecule has 1 heterocycles. The first-order valence-corrected chi connectivity index (χ1v) is 34.0. The summed E-state index contributed by atoms with van der Waals surface area (Å²) in [5.74, 6) is -1.99. The molecule has 26 nitrogen and oxygen atoms in total. The van der Waals surface area contributed by atoms with Crippen LogP contribution < -0.4 is 9.80 Å². The number of hydrogen-bond donors (Lipinski definition) is 1. The predicted octanol–water partition coefficient (Wildman–Crippen LogP) is 4.60. The molecule has 3 rings (SSSR count). The van der Waals surface area contributed by atoms with Crippen LogP contribution in [0.15, 0.2) is 83.4 Å². The van der Waals surface area contributed by atoms with Crippen LogP contribution in [0.3, 0.4) is 0 Å². The van der Waals surface area contributed by atoms with E-state index in [0.29, 0.717) is 153 Å². The van der Waals surface area contributed by atoms with Gasteiger partial charge in [-0.3, -0.25) is 4.79 Å². The monoisotopic (exact) mass is 1320 g/mol. The summed E-state index contributed by atoms with van der Waals surface area (Å²) in [5.41, 5.74) is 2.49. The zero-order valence-electron chi connectivity index (χ0n) is 52.2. The van der Waals surface area contributed by atoms with Gasteiger partial charge in [0.1, 0.15) is 10.1 Å². The van der Waals surface area contributed by atoms with Crippen molar-refractivity contribution >= 4 is 53.3 Å². The van der Waals surface area contributed by atoms with Gasteiger partial charge in [0.15, 0.2) is 0 Å². The molecular weight excluding hydrogens is 1230 g/mol. The SMILES string of the molecule is C=C(/C=C(\c1ccc(N(CCCS(=O)(=O)[O-])CCOCCOCCOCCOCCOCCOC)cc1[OH2+])C(C)(C)C)/C=C/C=C1/N(CCOCCOCCOCCOCCOCCOCCC(=O)O)c2ccc(S(=O)(=O)[O-])cc2C1(C)CCCS(=O)(=O)[O-]. The summed E-state index contributed by atoms with van der Waals surface area (Å²) in [6, 6.07) is 9.33. The highest BCUT2D eigenvalue weighted by Crippen LogP contribution is 2.51. The molecule has 1 aliphatic heterocycles. The van der Waals surface area contributed by atoms with E-state index in [4.69, 9.17) is 61.9 Å². The van der Waals surface area contributed by atoms with Crippen LogP contribution in [0.1, 0.15) is 64.5 Å². The molecule has 1 atom stereocenters. The van der Waals surface area contributed by atoms with Gasteiger partial charge in [-0.1, -0.05) is 45.6 Å². The Morgan fingerprint density at radius 3 is 1.55 bits per heavy atom. The molecule has 0 saturated carbocycles.